The van der Waals surface area contributed by atoms with E-state index in [-0.39, 0.29) is 28.2 Å². The van der Waals surface area contributed by atoms with Crippen molar-refractivity contribution in [1.82, 2.24) is 4.31 Å². The molecule has 9 nitrogen and oxygen atoms in total. The van der Waals surface area contributed by atoms with Gasteiger partial charge in [0.2, 0.25) is 10.0 Å². The van der Waals surface area contributed by atoms with E-state index >= 15 is 0 Å². The maximum atomic E-state index is 13.7. The Kier molecular flexibility index (Phi) is 6.68. The van der Waals surface area contributed by atoms with Gasteiger partial charge in [0.05, 0.1) is 36.6 Å². The van der Waals surface area contributed by atoms with Gasteiger partial charge in [-0.1, -0.05) is 12.8 Å². The van der Waals surface area contributed by atoms with Crippen molar-refractivity contribution in [3.63, 3.8) is 0 Å². The summed E-state index contributed by atoms with van der Waals surface area (Å²) >= 11 is 0. The molecule has 1 saturated carbocycles. The average molecular weight is 554 g/mol. The second-order valence-corrected chi connectivity index (χ2v) is 13.2. The zero-order chi connectivity index (χ0) is 27.4. The Labute approximate surface area is 229 Å². The minimum Gasteiger partial charge on any atom is -0.493 e. The van der Waals surface area contributed by atoms with Crippen LogP contribution >= 0.6 is 0 Å². The summed E-state index contributed by atoms with van der Waals surface area (Å²) in [7, 11) is -1.99. The van der Waals surface area contributed by atoms with Crippen molar-refractivity contribution in [2.45, 2.75) is 56.4 Å². The zero-order valence-corrected chi connectivity index (χ0v) is 23.5. The van der Waals surface area contributed by atoms with Crippen LogP contribution in [0.3, 0.4) is 0 Å². The lowest BCUT2D eigenvalue weighted by Gasteiger charge is -2.39. The number of sulfonamides is 1. The predicted octanol–water partition coefficient (Wildman–Crippen LogP) is 3.99. The van der Waals surface area contributed by atoms with Crippen LogP contribution in [0.25, 0.3) is 0 Å². The largest absolute Gasteiger partial charge is 0.493 e. The van der Waals surface area contributed by atoms with Crippen molar-refractivity contribution in [3.8, 4) is 11.5 Å². The lowest BCUT2D eigenvalue weighted by atomic mass is 9.72. The molecule has 10 heteroatoms. The summed E-state index contributed by atoms with van der Waals surface area (Å²) in [6, 6.07) is 10.5. The van der Waals surface area contributed by atoms with E-state index < -0.39 is 10.0 Å². The summed E-state index contributed by atoms with van der Waals surface area (Å²) in [6.45, 7) is 5.55. The summed E-state index contributed by atoms with van der Waals surface area (Å²) in [5.74, 6) is 1.27. The number of hydrogen-bond acceptors (Lipinski definition) is 7. The first-order valence-electron chi connectivity index (χ1n) is 13.7. The predicted molar refractivity (Wildman–Crippen MR) is 147 cm³/mol. The van der Waals surface area contributed by atoms with E-state index in [0.29, 0.717) is 44.2 Å². The van der Waals surface area contributed by atoms with Crippen LogP contribution < -0.4 is 14.5 Å². The van der Waals surface area contributed by atoms with Crippen LogP contribution in [0.2, 0.25) is 0 Å². The molecule has 0 N–H and O–H groups in total. The topological polar surface area (TPSA) is 97.7 Å². The maximum Gasteiger partial charge on any atom is 0.251 e. The first-order chi connectivity index (χ1) is 18.7. The number of hydrazone groups is 1. The van der Waals surface area contributed by atoms with Crippen molar-refractivity contribution < 1.29 is 27.4 Å². The summed E-state index contributed by atoms with van der Waals surface area (Å²) in [4.78, 5) is 13.9. The minimum atomic E-state index is -3.63. The molecular weight excluding hydrogens is 518 g/mol. The first kappa shape index (κ1) is 26.3. The van der Waals surface area contributed by atoms with Gasteiger partial charge in [0.1, 0.15) is 5.60 Å². The number of rotatable bonds is 5. The van der Waals surface area contributed by atoms with Crippen molar-refractivity contribution in [1.29, 1.82) is 0 Å². The molecule has 2 aromatic carbocycles. The van der Waals surface area contributed by atoms with Crippen molar-refractivity contribution >= 4 is 27.3 Å². The molecule has 39 heavy (non-hydrogen) atoms. The summed E-state index contributed by atoms with van der Waals surface area (Å²) < 4.78 is 44.9. The third-order valence-corrected chi connectivity index (χ3v) is 10.2. The highest BCUT2D eigenvalue weighted by molar-refractivity contribution is 7.89. The Balaban J connectivity index is 1.40. The first-order valence-corrected chi connectivity index (χ1v) is 15.1. The second kappa shape index (κ2) is 9.91. The second-order valence-electron chi connectivity index (χ2n) is 11.3. The van der Waals surface area contributed by atoms with Gasteiger partial charge in [0.15, 0.2) is 11.5 Å². The van der Waals surface area contributed by atoms with Gasteiger partial charge in [0, 0.05) is 42.5 Å². The van der Waals surface area contributed by atoms with Crippen LogP contribution in [-0.2, 0) is 26.0 Å². The Morgan fingerprint density at radius 3 is 2.38 bits per heavy atom. The lowest BCUT2D eigenvalue weighted by molar-refractivity contribution is -0.124. The Morgan fingerprint density at radius 1 is 1.00 bits per heavy atom. The Morgan fingerprint density at radius 2 is 1.69 bits per heavy atom. The molecule has 2 unspecified atom stereocenters. The lowest BCUT2D eigenvalue weighted by Crippen LogP contribution is -2.46. The zero-order valence-electron chi connectivity index (χ0n) is 22.7. The smallest absolute Gasteiger partial charge is 0.251 e. The highest BCUT2D eigenvalue weighted by Gasteiger charge is 2.44. The van der Waals surface area contributed by atoms with Gasteiger partial charge in [-0.25, -0.2) is 13.4 Å². The van der Waals surface area contributed by atoms with Crippen LogP contribution in [0.4, 0.5) is 5.69 Å². The number of benzene rings is 2. The molecule has 4 aliphatic rings. The molecule has 2 fully saturated rings. The van der Waals surface area contributed by atoms with E-state index in [0.717, 1.165) is 48.3 Å². The van der Waals surface area contributed by atoms with Gasteiger partial charge in [-0.2, -0.15) is 9.41 Å². The van der Waals surface area contributed by atoms with Gasteiger partial charge in [-0.3, -0.25) is 4.79 Å². The number of amides is 1. The fourth-order valence-corrected chi connectivity index (χ4v) is 7.72. The third-order valence-electron chi connectivity index (χ3n) is 8.24. The number of carbonyl (C=O) groups is 1. The maximum absolute atomic E-state index is 13.7. The molecule has 0 bridgehead atoms. The molecule has 3 heterocycles. The van der Waals surface area contributed by atoms with E-state index in [4.69, 9.17) is 19.3 Å². The number of anilines is 1. The van der Waals surface area contributed by atoms with E-state index in [1.807, 2.05) is 12.1 Å². The summed E-state index contributed by atoms with van der Waals surface area (Å²) in [5, 5.41) is 6.45. The molecule has 208 valence electrons. The SMILES string of the molecule is COc1ccc(C2=NN(c3ccc(S(=O)(=O)N4CCOCC4)cc3)C(=O)C3CCCCC23)c2c1OC(C)(C)C2. The van der Waals surface area contributed by atoms with Crippen LogP contribution in [0.5, 0.6) is 11.5 Å². The van der Waals surface area contributed by atoms with Gasteiger partial charge in [0.25, 0.3) is 5.91 Å². The number of methoxy groups -OCH3 is 1. The fourth-order valence-electron chi connectivity index (χ4n) is 6.31. The van der Waals surface area contributed by atoms with Crippen molar-refractivity contribution in [2.75, 3.05) is 38.4 Å². The minimum absolute atomic E-state index is 0.0321. The molecule has 0 aromatic heterocycles. The van der Waals surface area contributed by atoms with Gasteiger partial charge >= 0.3 is 0 Å². The quantitative estimate of drug-likeness (QED) is 0.556. The number of fused-ring (bicyclic) bond motifs is 2. The number of carbonyl (C=O) groups excluding carboxylic acids is 1. The van der Waals surface area contributed by atoms with Gasteiger partial charge in [-0.15, -0.1) is 0 Å². The fraction of sp³-hybridized carbons (Fsp3) is 0.517. The van der Waals surface area contributed by atoms with Crippen LogP contribution in [0.15, 0.2) is 46.4 Å². The van der Waals surface area contributed by atoms with Crippen molar-refractivity contribution in [2.24, 2.45) is 16.9 Å². The third kappa shape index (κ3) is 4.62. The molecule has 1 aliphatic carbocycles. The summed E-state index contributed by atoms with van der Waals surface area (Å²) in [5.41, 5.74) is 3.14. The molecule has 0 spiro atoms. The molecule has 2 aromatic rings. The highest BCUT2D eigenvalue weighted by atomic mass is 32.2. The number of morpholine rings is 1. The Hall–Kier alpha value is -2.95. The van der Waals surface area contributed by atoms with E-state index in [1.54, 1.807) is 31.4 Å². The molecule has 6 rings (SSSR count). The van der Waals surface area contributed by atoms with E-state index in [9.17, 15) is 13.2 Å². The number of nitrogens with zero attached hydrogens (tertiary/aromatic N) is 3. The normalized spacial score (nSPS) is 24.9. The van der Waals surface area contributed by atoms with E-state index in [2.05, 4.69) is 13.8 Å². The molecule has 1 amide bonds. The molecular formula is C29H35N3O6S. The van der Waals surface area contributed by atoms with E-state index in [1.165, 1.54) is 9.31 Å². The molecule has 0 radical (unpaired) electrons. The standard InChI is InChI=1S/C29H35N3O6S/c1-29(2)18-24-22(12-13-25(36-3)27(24)38-29)26-21-6-4-5-7-23(21)28(33)32(30-26)19-8-10-20(11-9-19)39(34,35)31-14-16-37-17-15-31/h8-13,21,23H,4-7,14-18H2,1-3H3. The van der Waals surface area contributed by atoms with Crippen LogP contribution in [0.1, 0.15) is 50.7 Å². The summed E-state index contributed by atoms with van der Waals surface area (Å²) in [6.07, 6.45) is 4.49. The molecule has 3 aliphatic heterocycles. The van der Waals surface area contributed by atoms with Crippen LogP contribution in [0, 0.1) is 11.8 Å². The molecule has 1 saturated heterocycles. The van der Waals surface area contributed by atoms with Crippen LogP contribution in [-0.4, -0.2) is 63.4 Å². The number of hydrogen-bond donors (Lipinski definition) is 0. The monoisotopic (exact) mass is 553 g/mol. The Bertz CT molecular complexity index is 1410. The van der Waals surface area contributed by atoms with Gasteiger partial charge < -0.3 is 14.2 Å². The highest BCUT2D eigenvalue weighted by Crippen LogP contribution is 2.47. The molecule has 2 atom stereocenters. The van der Waals surface area contributed by atoms with Crippen molar-refractivity contribution in [3.05, 3.63) is 47.5 Å². The average Bonchev–Trinajstić information content (AvgIpc) is 3.28. The van der Waals surface area contributed by atoms with Gasteiger partial charge in [-0.05, 0) is 63.1 Å². The number of ether oxygens (including phenoxy) is 3.